The van der Waals surface area contributed by atoms with Crippen molar-refractivity contribution in [3.63, 3.8) is 0 Å². The second kappa shape index (κ2) is 12.4. The first-order valence-corrected chi connectivity index (χ1v) is 11.9. The van der Waals surface area contributed by atoms with Crippen molar-refractivity contribution in [2.45, 2.75) is 79.1 Å². The number of esters is 1. The third-order valence-electron chi connectivity index (χ3n) is 6.31. The van der Waals surface area contributed by atoms with E-state index in [1.165, 1.54) is 34.9 Å². The van der Waals surface area contributed by atoms with Gasteiger partial charge in [0, 0.05) is 17.8 Å². The molecule has 0 saturated carbocycles. The Kier molecular flexibility index (Phi) is 9.90. The van der Waals surface area contributed by atoms with Gasteiger partial charge in [-0.25, -0.2) is 0 Å². The smallest absolute Gasteiger partial charge is 0.313 e. The SMILES string of the molecule is C/C=C(\N=CCC)C(Cc1ccc2c(c1)CCC2C(=O)OC)c1cccc(C)c1C.CC. The number of methoxy groups -OCH3 is 1. The molecule has 3 rings (SSSR count). The molecule has 172 valence electrons. The van der Waals surface area contributed by atoms with Gasteiger partial charge in [-0.15, -0.1) is 0 Å². The molecule has 2 atom stereocenters. The number of fused-ring (bicyclic) bond motifs is 1. The predicted molar refractivity (Wildman–Crippen MR) is 136 cm³/mol. The van der Waals surface area contributed by atoms with Crippen molar-refractivity contribution in [3.8, 4) is 0 Å². The summed E-state index contributed by atoms with van der Waals surface area (Å²) in [5.74, 6) is -0.0393. The average molecular weight is 434 g/mol. The highest BCUT2D eigenvalue weighted by Gasteiger charge is 2.30. The van der Waals surface area contributed by atoms with Gasteiger partial charge < -0.3 is 4.74 Å². The maximum atomic E-state index is 12.1. The number of carbonyl (C=O) groups excluding carboxylic acids is 1. The lowest BCUT2D eigenvalue weighted by atomic mass is 9.84. The Morgan fingerprint density at radius 2 is 1.97 bits per heavy atom. The minimum Gasteiger partial charge on any atom is -0.469 e. The summed E-state index contributed by atoms with van der Waals surface area (Å²) in [5, 5.41) is 0. The Labute approximate surface area is 194 Å². The van der Waals surface area contributed by atoms with E-state index in [-0.39, 0.29) is 17.8 Å². The third kappa shape index (κ3) is 5.76. The van der Waals surface area contributed by atoms with Crippen LogP contribution in [-0.4, -0.2) is 19.3 Å². The van der Waals surface area contributed by atoms with Crippen molar-refractivity contribution in [2.24, 2.45) is 4.99 Å². The zero-order valence-electron chi connectivity index (χ0n) is 20.9. The van der Waals surface area contributed by atoms with Gasteiger partial charge in [0.1, 0.15) is 0 Å². The van der Waals surface area contributed by atoms with Crippen molar-refractivity contribution in [3.05, 3.63) is 81.6 Å². The molecule has 0 amide bonds. The topological polar surface area (TPSA) is 38.7 Å². The minimum absolute atomic E-state index is 0.117. The first-order chi connectivity index (χ1) is 15.5. The van der Waals surface area contributed by atoms with Crippen molar-refractivity contribution >= 4 is 12.2 Å². The molecule has 1 aliphatic rings. The van der Waals surface area contributed by atoms with E-state index in [0.717, 1.165) is 36.9 Å². The summed E-state index contributed by atoms with van der Waals surface area (Å²) >= 11 is 0. The molecular formula is C29H39NO2. The fourth-order valence-electron chi connectivity index (χ4n) is 4.51. The summed E-state index contributed by atoms with van der Waals surface area (Å²) in [6, 6.07) is 13.1. The van der Waals surface area contributed by atoms with Crippen LogP contribution in [0.2, 0.25) is 0 Å². The van der Waals surface area contributed by atoms with E-state index >= 15 is 0 Å². The summed E-state index contributed by atoms with van der Waals surface area (Å²) in [4.78, 5) is 16.9. The number of hydrogen-bond acceptors (Lipinski definition) is 3. The van der Waals surface area contributed by atoms with Gasteiger partial charge in [-0.1, -0.05) is 63.2 Å². The van der Waals surface area contributed by atoms with E-state index in [1.807, 2.05) is 20.1 Å². The van der Waals surface area contributed by atoms with Crippen molar-refractivity contribution in [1.29, 1.82) is 0 Å². The van der Waals surface area contributed by atoms with Crippen LogP contribution in [0.3, 0.4) is 0 Å². The maximum Gasteiger partial charge on any atom is 0.313 e. The molecule has 3 nitrogen and oxygen atoms in total. The van der Waals surface area contributed by atoms with Crippen LogP contribution in [0.1, 0.15) is 85.8 Å². The molecule has 0 aromatic heterocycles. The van der Waals surface area contributed by atoms with Crippen LogP contribution >= 0.6 is 0 Å². The fraction of sp³-hybridized carbons (Fsp3) is 0.448. The van der Waals surface area contributed by atoms with Crippen LogP contribution in [0.4, 0.5) is 0 Å². The highest BCUT2D eigenvalue weighted by molar-refractivity contribution is 5.79. The molecule has 32 heavy (non-hydrogen) atoms. The number of nitrogens with zero attached hydrogens (tertiary/aromatic N) is 1. The first kappa shape index (κ1) is 25.6. The largest absolute Gasteiger partial charge is 0.469 e. The van der Waals surface area contributed by atoms with E-state index in [0.29, 0.717) is 0 Å². The van der Waals surface area contributed by atoms with Gasteiger partial charge in [0.25, 0.3) is 0 Å². The van der Waals surface area contributed by atoms with Gasteiger partial charge in [-0.2, -0.15) is 0 Å². The number of benzene rings is 2. The Morgan fingerprint density at radius 3 is 2.62 bits per heavy atom. The lowest BCUT2D eigenvalue weighted by Gasteiger charge is -2.22. The van der Waals surface area contributed by atoms with Crippen molar-refractivity contribution < 1.29 is 9.53 Å². The molecule has 0 fully saturated rings. The van der Waals surface area contributed by atoms with E-state index in [1.54, 1.807) is 0 Å². The second-order valence-corrected chi connectivity index (χ2v) is 8.13. The Morgan fingerprint density at radius 1 is 1.22 bits per heavy atom. The monoisotopic (exact) mass is 433 g/mol. The van der Waals surface area contributed by atoms with Crippen molar-refractivity contribution in [2.75, 3.05) is 7.11 Å². The van der Waals surface area contributed by atoms with Gasteiger partial charge >= 0.3 is 5.97 Å². The summed E-state index contributed by atoms with van der Waals surface area (Å²) in [6.07, 6.45) is 7.72. The lowest BCUT2D eigenvalue weighted by Crippen LogP contribution is -2.11. The molecule has 0 aliphatic heterocycles. The Hall–Kier alpha value is -2.68. The number of ether oxygens (including phenoxy) is 1. The Bertz CT molecular complexity index is 971. The van der Waals surface area contributed by atoms with E-state index in [2.05, 4.69) is 70.2 Å². The minimum atomic E-state index is -0.125. The van der Waals surface area contributed by atoms with Crippen LogP contribution in [0, 0.1) is 13.8 Å². The summed E-state index contributed by atoms with van der Waals surface area (Å²) in [7, 11) is 1.47. The molecular weight excluding hydrogens is 394 g/mol. The van der Waals surface area contributed by atoms with E-state index < -0.39 is 0 Å². The maximum absolute atomic E-state index is 12.1. The number of aryl methyl sites for hydroxylation is 2. The summed E-state index contributed by atoms with van der Waals surface area (Å²) < 4.78 is 4.99. The molecule has 0 N–H and O–H groups in total. The standard InChI is InChI=1S/C27H33NO2.C2H6/c1-6-15-28-26(7-2)25(22-10-8-9-18(3)19(22)4)17-20-11-13-23-21(16-20)12-14-24(23)27(29)30-5;1-2/h7-11,13,15-16,24-25H,6,12,14,17H2,1-5H3;1-2H3/b26-7-,28-15?;. The predicted octanol–water partition coefficient (Wildman–Crippen LogP) is 7.24. The molecule has 0 heterocycles. The molecule has 3 heteroatoms. The number of allylic oxidation sites excluding steroid dienone is 2. The third-order valence-corrected chi connectivity index (χ3v) is 6.31. The number of carbonyl (C=O) groups is 1. The van der Waals surface area contributed by atoms with Gasteiger partial charge in [0.05, 0.1) is 13.0 Å². The van der Waals surface area contributed by atoms with Crippen LogP contribution in [0.5, 0.6) is 0 Å². The van der Waals surface area contributed by atoms with Gasteiger partial charge in [-0.05, 0) is 79.8 Å². The molecule has 2 aromatic carbocycles. The average Bonchev–Trinajstić information content (AvgIpc) is 3.24. The highest BCUT2D eigenvalue weighted by Crippen LogP contribution is 2.37. The molecule has 1 aliphatic carbocycles. The Balaban J connectivity index is 0.00000176. The zero-order chi connectivity index (χ0) is 23.7. The summed E-state index contributed by atoms with van der Waals surface area (Å²) in [6.45, 7) is 12.6. The highest BCUT2D eigenvalue weighted by atomic mass is 16.5. The molecule has 0 spiro atoms. The summed E-state index contributed by atoms with van der Waals surface area (Å²) in [5.41, 5.74) is 8.78. The van der Waals surface area contributed by atoms with Crippen LogP contribution in [-0.2, 0) is 22.4 Å². The van der Waals surface area contributed by atoms with Crippen LogP contribution in [0.25, 0.3) is 0 Å². The molecule has 0 saturated heterocycles. The molecule has 2 unspecified atom stereocenters. The second-order valence-electron chi connectivity index (χ2n) is 8.13. The van der Waals surface area contributed by atoms with E-state index in [4.69, 9.17) is 9.73 Å². The molecule has 2 aromatic rings. The van der Waals surface area contributed by atoms with Gasteiger partial charge in [0.15, 0.2) is 0 Å². The lowest BCUT2D eigenvalue weighted by molar-refractivity contribution is -0.142. The first-order valence-electron chi connectivity index (χ1n) is 11.9. The van der Waals surface area contributed by atoms with Gasteiger partial charge in [-0.3, -0.25) is 9.79 Å². The number of hydrogen-bond donors (Lipinski definition) is 0. The zero-order valence-corrected chi connectivity index (χ0v) is 20.9. The van der Waals surface area contributed by atoms with Crippen LogP contribution < -0.4 is 0 Å². The number of rotatable bonds is 7. The normalized spacial score (nSPS) is 16.3. The van der Waals surface area contributed by atoms with Crippen LogP contribution in [0.15, 0.2) is 53.2 Å². The quantitative estimate of drug-likeness (QED) is 0.341. The van der Waals surface area contributed by atoms with Crippen molar-refractivity contribution in [1.82, 2.24) is 0 Å². The fourth-order valence-corrected chi connectivity index (χ4v) is 4.51. The van der Waals surface area contributed by atoms with Gasteiger partial charge in [0.2, 0.25) is 0 Å². The molecule has 0 radical (unpaired) electrons. The van der Waals surface area contributed by atoms with E-state index in [9.17, 15) is 4.79 Å². The number of aliphatic imine (C=N–C) groups is 1. The molecule has 0 bridgehead atoms.